The topological polar surface area (TPSA) is 84.4 Å². The second kappa shape index (κ2) is 9.70. The molecule has 0 bridgehead atoms. The van der Waals surface area contributed by atoms with Gasteiger partial charge in [-0.05, 0) is 41.8 Å². The molecule has 6 nitrogen and oxygen atoms in total. The molecule has 0 fully saturated rings. The van der Waals surface area contributed by atoms with Crippen LogP contribution in [0.5, 0.6) is 0 Å². The van der Waals surface area contributed by atoms with Gasteiger partial charge in [-0.2, -0.15) is 4.31 Å². The van der Waals surface area contributed by atoms with Crippen molar-refractivity contribution in [3.8, 4) is 11.1 Å². The molecule has 0 aliphatic heterocycles. The van der Waals surface area contributed by atoms with E-state index < -0.39 is 19.9 Å². The van der Waals surface area contributed by atoms with E-state index >= 15 is 0 Å². The number of benzene rings is 2. The molecule has 0 saturated heterocycles. The summed E-state index contributed by atoms with van der Waals surface area (Å²) in [5.41, 5.74) is 2.03. The monoisotopic (exact) mass is 492 g/mol. The van der Waals surface area contributed by atoms with Crippen LogP contribution in [-0.4, -0.2) is 38.9 Å². The predicted octanol–water partition coefficient (Wildman–Crippen LogP) is 4.65. The van der Waals surface area contributed by atoms with Gasteiger partial charge in [0.2, 0.25) is 10.0 Å². The first-order valence-corrected chi connectivity index (χ1v) is 13.7. The molecule has 0 amide bonds. The number of sulfonamides is 1. The van der Waals surface area contributed by atoms with Crippen molar-refractivity contribution >= 4 is 31.5 Å². The molecule has 0 unspecified atom stereocenters. The minimum absolute atomic E-state index is 0.0662. The van der Waals surface area contributed by atoms with Crippen LogP contribution in [0.15, 0.2) is 76.7 Å². The van der Waals surface area contributed by atoms with Crippen molar-refractivity contribution in [1.29, 1.82) is 0 Å². The number of hydrogen-bond donors (Lipinski definition) is 0. The molecule has 0 saturated carbocycles. The fourth-order valence-electron chi connectivity index (χ4n) is 3.22. The van der Waals surface area contributed by atoms with Gasteiger partial charge in [-0.3, -0.25) is 4.98 Å². The summed E-state index contributed by atoms with van der Waals surface area (Å²) >= 11 is 6.16. The summed E-state index contributed by atoms with van der Waals surface area (Å²) < 4.78 is 51.6. The van der Waals surface area contributed by atoms with E-state index in [-0.39, 0.29) is 27.3 Å². The summed E-state index contributed by atoms with van der Waals surface area (Å²) in [6.45, 7) is 4.30. The largest absolute Gasteiger partial charge is 0.259 e. The molecule has 2 aromatic carbocycles. The van der Waals surface area contributed by atoms with E-state index in [1.54, 1.807) is 60.8 Å². The highest BCUT2D eigenvalue weighted by Crippen LogP contribution is 2.27. The van der Waals surface area contributed by atoms with Gasteiger partial charge in [0, 0.05) is 24.6 Å². The van der Waals surface area contributed by atoms with Crippen LogP contribution in [0, 0.1) is 5.92 Å². The van der Waals surface area contributed by atoms with E-state index in [1.807, 2.05) is 13.8 Å². The lowest BCUT2D eigenvalue weighted by molar-refractivity contribution is 0.359. The highest BCUT2D eigenvalue weighted by atomic mass is 35.5. The Morgan fingerprint density at radius 1 is 0.938 bits per heavy atom. The van der Waals surface area contributed by atoms with Crippen LogP contribution in [0.2, 0.25) is 5.02 Å². The lowest BCUT2D eigenvalue weighted by atomic mass is 10.1. The van der Waals surface area contributed by atoms with Crippen LogP contribution in [0.25, 0.3) is 11.1 Å². The van der Waals surface area contributed by atoms with Crippen molar-refractivity contribution < 1.29 is 16.8 Å². The van der Waals surface area contributed by atoms with E-state index in [2.05, 4.69) is 4.98 Å². The van der Waals surface area contributed by atoms with Gasteiger partial charge in [0.25, 0.3) is 0 Å². The number of pyridine rings is 1. The number of sulfone groups is 1. The van der Waals surface area contributed by atoms with Crippen LogP contribution in [-0.2, 0) is 26.4 Å². The minimum Gasteiger partial charge on any atom is -0.259 e. The molecule has 0 spiro atoms. The Labute approximate surface area is 194 Å². The number of hydrogen-bond acceptors (Lipinski definition) is 5. The lowest BCUT2D eigenvalue weighted by Crippen LogP contribution is -2.34. The first kappa shape index (κ1) is 24.4. The number of halogens is 1. The third-order valence-corrected chi connectivity index (χ3v) is 8.20. The molecule has 3 aromatic rings. The van der Waals surface area contributed by atoms with Gasteiger partial charge in [-0.1, -0.05) is 55.8 Å². The number of rotatable bonds is 8. The molecule has 3 rings (SSSR count). The van der Waals surface area contributed by atoms with E-state index in [4.69, 9.17) is 11.6 Å². The van der Waals surface area contributed by atoms with E-state index in [9.17, 15) is 16.8 Å². The average molecular weight is 493 g/mol. The maximum absolute atomic E-state index is 13.3. The Morgan fingerprint density at radius 2 is 1.66 bits per heavy atom. The highest BCUT2D eigenvalue weighted by molar-refractivity contribution is 7.90. The van der Waals surface area contributed by atoms with Crippen LogP contribution in [0.1, 0.15) is 19.5 Å². The third-order valence-electron chi connectivity index (χ3n) is 4.78. The van der Waals surface area contributed by atoms with Gasteiger partial charge >= 0.3 is 0 Å². The zero-order chi connectivity index (χ0) is 23.5. The molecule has 0 aliphatic carbocycles. The molecule has 170 valence electrons. The standard InChI is InChI=1S/C23H25ClN2O4S2/c1-17(2)15-26(32(29,30)23-10-5-4-9-22(23)24)16-20-12-11-19(14-25-20)18-7-6-8-21(13-18)31(3,27)28/h4-14,17H,15-16H2,1-3H3. The first-order chi connectivity index (χ1) is 15.0. The zero-order valence-electron chi connectivity index (χ0n) is 18.1. The van der Waals surface area contributed by atoms with Gasteiger partial charge in [-0.25, -0.2) is 16.8 Å². The number of aromatic nitrogens is 1. The quantitative estimate of drug-likeness (QED) is 0.457. The van der Waals surface area contributed by atoms with Crippen molar-refractivity contribution in [3.63, 3.8) is 0 Å². The summed E-state index contributed by atoms with van der Waals surface area (Å²) in [6, 6.07) is 16.6. The van der Waals surface area contributed by atoms with Crippen LogP contribution in [0.4, 0.5) is 0 Å². The summed E-state index contributed by atoms with van der Waals surface area (Å²) in [7, 11) is -7.13. The van der Waals surface area contributed by atoms with Gasteiger partial charge in [-0.15, -0.1) is 0 Å². The summed E-state index contributed by atoms with van der Waals surface area (Å²) in [4.78, 5) is 4.73. The lowest BCUT2D eigenvalue weighted by Gasteiger charge is -2.24. The van der Waals surface area contributed by atoms with Crippen molar-refractivity contribution in [3.05, 3.63) is 77.6 Å². The minimum atomic E-state index is -3.81. The molecule has 0 atom stereocenters. The Balaban J connectivity index is 1.90. The normalized spacial score (nSPS) is 12.4. The maximum atomic E-state index is 13.3. The van der Waals surface area contributed by atoms with Crippen molar-refractivity contribution in [2.75, 3.05) is 12.8 Å². The molecule has 0 aliphatic rings. The second-order valence-corrected chi connectivity index (χ2v) is 12.3. The van der Waals surface area contributed by atoms with Crippen LogP contribution >= 0.6 is 11.6 Å². The Hall–Kier alpha value is -2.26. The Kier molecular flexibility index (Phi) is 7.39. The van der Waals surface area contributed by atoms with E-state index in [0.717, 1.165) is 17.4 Å². The zero-order valence-corrected chi connectivity index (χ0v) is 20.5. The molecule has 0 N–H and O–H groups in total. The van der Waals surface area contributed by atoms with Gasteiger partial charge < -0.3 is 0 Å². The Bertz CT molecular complexity index is 1310. The maximum Gasteiger partial charge on any atom is 0.244 e. The average Bonchev–Trinajstić information content (AvgIpc) is 2.73. The summed E-state index contributed by atoms with van der Waals surface area (Å²) in [5, 5.41) is 0.176. The van der Waals surface area contributed by atoms with Crippen molar-refractivity contribution in [2.45, 2.75) is 30.2 Å². The van der Waals surface area contributed by atoms with E-state index in [0.29, 0.717) is 12.2 Å². The second-order valence-electron chi connectivity index (χ2n) is 7.96. The Morgan fingerprint density at radius 3 is 2.25 bits per heavy atom. The van der Waals surface area contributed by atoms with E-state index in [1.165, 1.54) is 10.4 Å². The SMILES string of the molecule is CC(C)CN(Cc1ccc(-c2cccc(S(C)(=O)=O)c2)cn1)S(=O)(=O)c1ccccc1Cl. The summed E-state index contributed by atoms with van der Waals surface area (Å²) in [5.74, 6) is 0.102. The molecule has 1 heterocycles. The molecular formula is C23H25ClN2O4S2. The van der Waals surface area contributed by atoms with Gasteiger partial charge in [0.05, 0.1) is 22.2 Å². The van der Waals surface area contributed by atoms with Crippen LogP contribution < -0.4 is 0 Å². The van der Waals surface area contributed by atoms with Crippen LogP contribution in [0.3, 0.4) is 0 Å². The predicted molar refractivity (Wildman–Crippen MR) is 127 cm³/mol. The smallest absolute Gasteiger partial charge is 0.244 e. The number of nitrogens with zero attached hydrogens (tertiary/aromatic N) is 2. The molecular weight excluding hydrogens is 468 g/mol. The third kappa shape index (κ3) is 5.75. The molecule has 32 heavy (non-hydrogen) atoms. The van der Waals surface area contributed by atoms with Crippen molar-refractivity contribution in [2.24, 2.45) is 5.92 Å². The molecule has 0 radical (unpaired) electrons. The molecule has 9 heteroatoms. The van der Waals surface area contributed by atoms with Gasteiger partial charge in [0.15, 0.2) is 9.84 Å². The fourth-order valence-corrected chi connectivity index (χ4v) is 5.96. The van der Waals surface area contributed by atoms with Gasteiger partial charge in [0.1, 0.15) is 4.90 Å². The van der Waals surface area contributed by atoms with Crippen molar-refractivity contribution in [1.82, 2.24) is 9.29 Å². The summed E-state index contributed by atoms with van der Waals surface area (Å²) in [6.07, 6.45) is 2.78. The molecule has 1 aromatic heterocycles. The first-order valence-electron chi connectivity index (χ1n) is 9.98. The highest BCUT2D eigenvalue weighted by Gasteiger charge is 2.27. The fraction of sp³-hybridized carbons (Fsp3) is 0.261.